The summed E-state index contributed by atoms with van der Waals surface area (Å²) in [6.45, 7) is 46.2. The molecule has 292 valence electrons. The molecule has 0 fully saturated rings. The largest absolute Gasteiger partial charge is 0.143 e. The zero-order valence-corrected chi connectivity index (χ0v) is 41.1. The van der Waals surface area contributed by atoms with E-state index in [2.05, 4.69) is 186 Å². The van der Waals surface area contributed by atoms with Crippen molar-refractivity contribution in [3.63, 3.8) is 0 Å². The number of thiol groups is 2. The maximum Gasteiger partial charge on any atom is 0.102 e. The summed E-state index contributed by atoms with van der Waals surface area (Å²) >= 11 is 9.64. The molecule has 0 aliphatic carbocycles. The van der Waals surface area contributed by atoms with Crippen LogP contribution in [0.1, 0.15) is 165 Å². The van der Waals surface area contributed by atoms with Crippen LogP contribution in [0.15, 0.2) is 64.4 Å². The average molecular weight is 777 g/mol. The third kappa shape index (κ3) is 9.59. The predicted molar refractivity (Wildman–Crippen MR) is 248 cm³/mol. The lowest BCUT2D eigenvalue weighted by molar-refractivity contribution is 0.525. The summed E-state index contributed by atoms with van der Waals surface area (Å²) in [5, 5.41) is 3.10. The van der Waals surface area contributed by atoms with E-state index in [-0.39, 0.29) is 10.1 Å². The molecule has 0 spiro atoms. The first-order valence-corrected chi connectivity index (χ1v) is 25.6. The van der Waals surface area contributed by atoms with Crippen molar-refractivity contribution in [1.29, 1.82) is 0 Å². The smallest absolute Gasteiger partial charge is 0.102 e. The van der Waals surface area contributed by atoms with Crippen molar-refractivity contribution >= 4 is 46.6 Å². The minimum absolute atomic E-state index is 0.255. The fourth-order valence-electron chi connectivity index (χ4n) is 11.1. The van der Waals surface area contributed by atoms with Crippen molar-refractivity contribution in [3.05, 3.63) is 88.0 Å². The Morgan fingerprint density at radius 1 is 0.423 bits per heavy atom. The van der Waals surface area contributed by atoms with Crippen LogP contribution in [0.2, 0.25) is 25.2 Å². The maximum absolute atomic E-state index is 4.83. The maximum atomic E-state index is 4.83. The van der Waals surface area contributed by atoms with E-state index in [1.54, 1.807) is 5.19 Å². The molecule has 0 saturated carbocycles. The number of aryl methyl sites for hydroxylation is 4. The summed E-state index contributed by atoms with van der Waals surface area (Å²) in [7, 11) is -3.68. The summed E-state index contributed by atoms with van der Waals surface area (Å²) < 4.78 is 0. The number of benzene rings is 3. The Bertz CT molecular complexity index is 1500. The van der Waals surface area contributed by atoms with E-state index in [4.69, 9.17) is 25.3 Å². The molecule has 0 nitrogen and oxygen atoms in total. The number of rotatable bonds is 9. The standard InChI is InChI=1S/C25H38SSi.C23H42SSi/c1-9-20-16-19(17-21(10-2)23(20)26)18-27(24(3,4)5,25(6,7)8)22-14-12-11-13-15-22;1-12-18-14-17(15-19(13-2)20(18)24)16-25(21(3,4)5,22(6,7)8)23(9,10)11/h11-17,26H,9-10,18H2,1-8H3;14-15,24H,12-13,16H2,1-11H3. The quantitative estimate of drug-likeness (QED) is 0.157. The van der Waals surface area contributed by atoms with Gasteiger partial charge in [-0.15, -0.1) is 25.3 Å². The van der Waals surface area contributed by atoms with Gasteiger partial charge >= 0.3 is 0 Å². The van der Waals surface area contributed by atoms with Crippen molar-refractivity contribution in [1.82, 2.24) is 0 Å². The van der Waals surface area contributed by atoms with Crippen molar-refractivity contribution in [2.24, 2.45) is 0 Å². The molecule has 3 aromatic carbocycles. The van der Waals surface area contributed by atoms with E-state index < -0.39 is 16.1 Å². The van der Waals surface area contributed by atoms with Crippen LogP contribution in [0, 0.1) is 0 Å². The van der Waals surface area contributed by atoms with Crippen LogP contribution < -0.4 is 5.19 Å². The van der Waals surface area contributed by atoms with Gasteiger partial charge in [-0.3, -0.25) is 0 Å². The Hall–Kier alpha value is -1.21. The first-order valence-electron chi connectivity index (χ1n) is 20.3. The minimum atomic E-state index is -1.93. The Kier molecular flexibility index (Phi) is 15.6. The molecule has 4 heteroatoms. The van der Waals surface area contributed by atoms with E-state index in [0.29, 0.717) is 15.1 Å². The van der Waals surface area contributed by atoms with Crippen LogP contribution in [0.3, 0.4) is 0 Å². The topological polar surface area (TPSA) is 0 Å². The van der Waals surface area contributed by atoms with Crippen LogP contribution in [0.25, 0.3) is 0 Å². The van der Waals surface area contributed by atoms with E-state index in [1.807, 2.05) is 0 Å². The van der Waals surface area contributed by atoms with Gasteiger partial charge in [0.2, 0.25) is 0 Å². The second-order valence-corrected chi connectivity index (χ2v) is 34.0. The monoisotopic (exact) mass is 777 g/mol. The molecule has 0 bridgehead atoms. The third-order valence-electron chi connectivity index (χ3n) is 12.8. The van der Waals surface area contributed by atoms with Crippen molar-refractivity contribution < 1.29 is 0 Å². The molecular formula is C48H80S2Si2. The SMILES string of the molecule is CCc1cc(C[Si](C(C)(C)C)(C(C)(C)C)C(C)(C)C)cc(CC)c1S.CCc1cc(C[Si](c2ccccc2)(C(C)(C)C)C(C)(C)C)cc(CC)c1S. The molecule has 0 N–H and O–H groups in total. The van der Waals surface area contributed by atoms with Gasteiger partial charge in [0, 0.05) is 9.79 Å². The highest BCUT2D eigenvalue weighted by Gasteiger charge is 2.59. The zero-order valence-electron chi connectivity index (χ0n) is 37.3. The lowest BCUT2D eigenvalue weighted by Gasteiger charge is -2.60. The fourth-order valence-corrected chi connectivity index (χ4v) is 27.9. The molecular weight excluding hydrogens is 697 g/mol. The Balaban J connectivity index is 0.000000361. The van der Waals surface area contributed by atoms with Gasteiger partial charge in [0.25, 0.3) is 0 Å². The normalized spacial score (nSPS) is 13.6. The summed E-state index contributed by atoms with van der Waals surface area (Å²) in [5.74, 6) is 0. The van der Waals surface area contributed by atoms with E-state index >= 15 is 0 Å². The van der Waals surface area contributed by atoms with Crippen molar-refractivity contribution in [3.8, 4) is 0 Å². The summed E-state index contributed by atoms with van der Waals surface area (Å²) in [4.78, 5) is 2.41. The van der Waals surface area contributed by atoms with Crippen LogP contribution in [-0.2, 0) is 37.8 Å². The van der Waals surface area contributed by atoms with Crippen molar-refractivity contribution in [2.45, 2.75) is 204 Å². The Labute approximate surface area is 337 Å². The highest BCUT2D eigenvalue weighted by atomic mass is 32.1. The molecule has 0 aromatic heterocycles. The zero-order chi connectivity index (χ0) is 40.3. The molecule has 0 atom stereocenters. The molecule has 0 aliphatic heterocycles. The molecule has 0 radical (unpaired) electrons. The minimum Gasteiger partial charge on any atom is -0.143 e. The van der Waals surface area contributed by atoms with Gasteiger partial charge in [0.05, 0.1) is 8.07 Å². The lowest BCUT2D eigenvalue weighted by Crippen LogP contribution is -2.63. The molecule has 0 aliphatic rings. The summed E-state index contributed by atoms with van der Waals surface area (Å²) in [5.41, 5.74) is 8.66. The fraction of sp³-hybridized carbons (Fsp3) is 0.625. The first kappa shape index (κ1) is 46.9. The van der Waals surface area contributed by atoms with Gasteiger partial charge in [-0.2, -0.15) is 0 Å². The van der Waals surface area contributed by atoms with Gasteiger partial charge in [-0.1, -0.05) is 191 Å². The van der Waals surface area contributed by atoms with E-state index in [1.165, 1.54) is 55.3 Å². The van der Waals surface area contributed by atoms with Crippen LogP contribution in [-0.4, -0.2) is 16.1 Å². The summed E-state index contributed by atoms with van der Waals surface area (Å²) in [6, 6.07) is 23.6. The van der Waals surface area contributed by atoms with Gasteiger partial charge in [0.1, 0.15) is 8.07 Å². The summed E-state index contributed by atoms with van der Waals surface area (Å²) in [6.07, 6.45) is 4.22. The van der Waals surface area contributed by atoms with Gasteiger partial charge < -0.3 is 0 Å². The van der Waals surface area contributed by atoms with Gasteiger partial charge in [-0.25, -0.2) is 0 Å². The van der Waals surface area contributed by atoms with Gasteiger partial charge in [-0.05, 0) is 96.3 Å². The van der Waals surface area contributed by atoms with E-state index in [0.717, 1.165) is 25.7 Å². The second kappa shape index (κ2) is 17.3. The highest BCUT2D eigenvalue weighted by molar-refractivity contribution is 7.80. The number of hydrogen-bond donors (Lipinski definition) is 2. The van der Waals surface area contributed by atoms with Crippen LogP contribution in [0.5, 0.6) is 0 Å². The lowest BCUT2D eigenvalue weighted by atomic mass is 10.0. The molecule has 0 unspecified atom stereocenters. The molecule has 0 saturated heterocycles. The van der Waals surface area contributed by atoms with Crippen LogP contribution >= 0.6 is 25.3 Å². The highest BCUT2D eigenvalue weighted by Crippen LogP contribution is 2.63. The Morgan fingerprint density at radius 3 is 0.962 bits per heavy atom. The first-order chi connectivity index (χ1) is 23.6. The van der Waals surface area contributed by atoms with Crippen LogP contribution in [0.4, 0.5) is 0 Å². The molecule has 3 aromatic rings. The predicted octanol–water partition coefficient (Wildman–Crippen LogP) is 15.2. The average Bonchev–Trinajstić information content (AvgIpc) is 3.01. The molecule has 0 heterocycles. The molecule has 52 heavy (non-hydrogen) atoms. The molecule has 0 amide bonds. The van der Waals surface area contributed by atoms with Crippen molar-refractivity contribution in [2.75, 3.05) is 0 Å². The number of hydrogen-bond acceptors (Lipinski definition) is 2. The third-order valence-corrected chi connectivity index (χ3v) is 29.9. The van der Waals surface area contributed by atoms with Gasteiger partial charge in [0.15, 0.2) is 0 Å². The van der Waals surface area contributed by atoms with E-state index in [9.17, 15) is 0 Å². The molecule has 3 rings (SSSR count). The second-order valence-electron chi connectivity index (χ2n) is 20.7. The Morgan fingerprint density at radius 2 is 0.712 bits per heavy atom.